The van der Waals surface area contributed by atoms with E-state index < -0.39 is 41.7 Å². The second-order valence-corrected chi connectivity index (χ2v) is 12.7. The van der Waals surface area contributed by atoms with E-state index in [-0.39, 0.29) is 67.7 Å². The number of para-hydroxylation sites is 1. The van der Waals surface area contributed by atoms with Crippen LogP contribution in [0.3, 0.4) is 0 Å². The fourth-order valence-corrected chi connectivity index (χ4v) is 5.56. The monoisotopic (exact) mass is 710 g/mol. The standard InChI is InChI=1S/C40H43FN4O7/c1-26-13-16-30(17-14-26)52-36-24-29(41)15-19-35(36)51-25-27(2)42-39(48)32-18-20-37(46)43-33(23-28-9-5-4-6-10-28)40(49)45(3)21-22-50-34-12-8-7-11-31(34)38(47)44-32/h4-17,19,24,27,32-33H,18,20-23,25H2,1-3H3,(H,42,48)(H,43,46)(H,44,47)/t27-,32+,33-/m1/s1. The molecular formula is C40H43FN4O7. The van der Waals surface area contributed by atoms with E-state index in [2.05, 4.69) is 16.0 Å². The van der Waals surface area contributed by atoms with Gasteiger partial charge in [0.2, 0.25) is 17.7 Å². The van der Waals surface area contributed by atoms with Crippen molar-refractivity contribution in [1.29, 1.82) is 0 Å². The van der Waals surface area contributed by atoms with Gasteiger partial charge in [-0.3, -0.25) is 19.2 Å². The smallest absolute Gasteiger partial charge is 0.255 e. The summed E-state index contributed by atoms with van der Waals surface area (Å²) in [6, 6.07) is 24.6. The summed E-state index contributed by atoms with van der Waals surface area (Å²) in [5, 5.41) is 8.45. The number of aryl methyl sites for hydroxylation is 1. The number of likely N-dealkylation sites (N-methyl/N-ethyl adjacent to an activating group) is 1. The molecule has 4 amide bonds. The Labute approximate surface area is 302 Å². The molecule has 0 saturated carbocycles. The minimum atomic E-state index is -1.13. The number of rotatable bonds is 9. The van der Waals surface area contributed by atoms with Crippen molar-refractivity contribution in [2.45, 2.75) is 51.2 Å². The number of nitrogens with zero attached hydrogens (tertiary/aromatic N) is 1. The molecule has 0 bridgehead atoms. The summed E-state index contributed by atoms with van der Waals surface area (Å²) < 4.78 is 31.9. The number of ether oxygens (including phenoxy) is 3. The van der Waals surface area contributed by atoms with Crippen LogP contribution in [0.4, 0.5) is 4.39 Å². The fraction of sp³-hybridized carbons (Fsp3) is 0.300. The lowest BCUT2D eigenvalue weighted by atomic mass is 10.0. The van der Waals surface area contributed by atoms with Gasteiger partial charge in [-0.25, -0.2) is 4.39 Å². The Balaban J connectivity index is 1.30. The lowest BCUT2D eigenvalue weighted by Gasteiger charge is -2.25. The Kier molecular flexibility index (Phi) is 12.8. The van der Waals surface area contributed by atoms with Crippen molar-refractivity contribution in [2.75, 3.05) is 26.8 Å². The van der Waals surface area contributed by atoms with Crippen LogP contribution in [0, 0.1) is 12.7 Å². The lowest BCUT2D eigenvalue weighted by Crippen LogP contribution is -2.51. The zero-order valence-corrected chi connectivity index (χ0v) is 29.4. The number of fused-ring (bicyclic) bond motifs is 1. The molecule has 0 radical (unpaired) electrons. The molecule has 1 aliphatic heterocycles. The van der Waals surface area contributed by atoms with Crippen molar-refractivity contribution in [3.63, 3.8) is 0 Å². The third-order valence-electron chi connectivity index (χ3n) is 8.42. The maximum Gasteiger partial charge on any atom is 0.255 e. The number of amides is 4. The van der Waals surface area contributed by atoms with Gasteiger partial charge in [0.25, 0.3) is 5.91 Å². The third kappa shape index (κ3) is 10.5. The van der Waals surface area contributed by atoms with E-state index in [4.69, 9.17) is 14.2 Å². The molecule has 3 atom stereocenters. The second kappa shape index (κ2) is 17.8. The number of hydrogen-bond donors (Lipinski definition) is 3. The average Bonchev–Trinajstić information content (AvgIpc) is 3.13. The molecule has 0 fully saturated rings. The second-order valence-electron chi connectivity index (χ2n) is 12.7. The fourth-order valence-electron chi connectivity index (χ4n) is 5.56. The number of carbonyl (C=O) groups is 4. The Morgan fingerprint density at radius 2 is 1.69 bits per heavy atom. The van der Waals surface area contributed by atoms with E-state index >= 15 is 0 Å². The molecule has 4 aromatic carbocycles. The summed E-state index contributed by atoms with van der Waals surface area (Å²) in [4.78, 5) is 55.5. The summed E-state index contributed by atoms with van der Waals surface area (Å²) in [6.07, 6.45) is 0.0526. The van der Waals surface area contributed by atoms with Gasteiger partial charge in [0, 0.05) is 26.0 Å². The highest BCUT2D eigenvalue weighted by Crippen LogP contribution is 2.32. The van der Waals surface area contributed by atoms with Crippen LogP contribution in [0.5, 0.6) is 23.0 Å². The van der Waals surface area contributed by atoms with Crippen LogP contribution in [0.2, 0.25) is 0 Å². The van der Waals surface area contributed by atoms with Crippen LogP contribution in [0.25, 0.3) is 0 Å². The van der Waals surface area contributed by atoms with Crippen molar-refractivity contribution >= 4 is 23.6 Å². The van der Waals surface area contributed by atoms with Crippen molar-refractivity contribution in [1.82, 2.24) is 20.9 Å². The van der Waals surface area contributed by atoms with Crippen LogP contribution >= 0.6 is 0 Å². The van der Waals surface area contributed by atoms with E-state index in [1.54, 1.807) is 50.4 Å². The SMILES string of the molecule is Cc1ccc(Oc2cc(F)ccc2OC[C@@H](C)NC(=O)[C@@H]2CCC(=O)N[C@H](Cc3ccccc3)C(=O)N(C)CCOc3ccccc3C(=O)N2)cc1. The van der Waals surface area contributed by atoms with Crippen molar-refractivity contribution in [3.8, 4) is 23.0 Å². The Morgan fingerprint density at radius 1 is 0.962 bits per heavy atom. The van der Waals surface area contributed by atoms with Gasteiger partial charge >= 0.3 is 0 Å². The molecule has 0 spiro atoms. The minimum absolute atomic E-state index is 0.0176. The molecule has 0 unspecified atom stereocenters. The maximum atomic E-state index is 14.1. The molecule has 4 aromatic rings. The van der Waals surface area contributed by atoms with Gasteiger partial charge in [-0.05, 0) is 62.2 Å². The van der Waals surface area contributed by atoms with Gasteiger partial charge in [0.1, 0.15) is 42.6 Å². The van der Waals surface area contributed by atoms with Crippen molar-refractivity contribution in [2.24, 2.45) is 0 Å². The van der Waals surface area contributed by atoms with E-state index in [0.717, 1.165) is 11.1 Å². The summed E-state index contributed by atoms with van der Waals surface area (Å²) >= 11 is 0. The number of hydrogen-bond acceptors (Lipinski definition) is 7. The third-order valence-corrected chi connectivity index (χ3v) is 8.42. The molecule has 0 aromatic heterocycles. The molecule has 11 nitrogen and oxygen atoms in total. The van der Waals surface area contributed by atoms with E-state index in [1.807, 2.05) is 49.4 Å². The van der Waals surface area contributed by atoms with E-state index in [1.165, 1.54) is 23.1 Å². The molecule has 1 heterocycles. The zero-order chi connectivity index (χ0) is 37.0. The van der Waals surface area contributed by atoms with Crippen LogP contribution < -0.4 is 30.2 Å². The number of nitrogens with one attached hydrogen (secondary N) is 3. The first-order chi connectivity index (χ1) is 25.0. The van der Waals surface area contributed by atoms with Gasteiger partial charge < -0.3 is 35.1 Å². The minimum Gasteiger partial charge on any atom is -0.491 e. The molecule has 52 heavy (non-hydrogen) atoms. The molecule has 12 heteroatoms. The predicted octanol–water partition coefficient (Wildman–Crippen LogP) is 4.97. The van der Waals surface area contributed by atoms with Crippen molar-refractivity contribution < 1.29 is 37.8 Å². The molecule has 272 valence electrons. The lowest BCUT2D eigenvalue weighted by molar-refractivity contribution is -0.135. The van der Waals surface area contributed by atoms with Crippen LogP contribution in [0.15, 0.2) is 97.1 Å². The number of halogens is 1. The highest BCUT2D eigenvalue weighted by atomic mass is 19.1. The van der Waals surface area contributed by atoms with Crippen molar-refractivity contribution in [3.05, 3.63) is 120 Å². The van der Waals surface area contributed by atoms with Crippen LogP contribution in [-0.4, -0.2) is 73.5 Å². The summed E-state index contributed by atoms with van der Waals surface area (Å²) in [5.41, 5.74) is 2.11. The zero-order valence-electron chi connectivity index (χ0n) is 29.4. The van der Waals surface area contributed by atoms with Crippen LogP contribution in [-0.2, 0) is 20.8 Å². The molecule has 1 aliphatic rings. The molecule has 3 N–H and O–H groups in total. The average molecular weight is 711 g/mol. The first kappa shape index (κ1) is 37.3. The maximum absolute atomic E-state index is 14.1. The Bertz CT molecular complexity index is 1850. The summed E-state index contributed by atoms with van der Waals surface area (Å²) in [7, 11) is 1.63. The molecule has 5 rings (SSSR count). The van der Waals surface area contributed by atoms with Gasteiger partial charge in [-0.1, -0.05) is 60.2 Å². The Morgan fingerprint density at radius 3 is 2.46 bits per heavy atom. The highest BCUT2D eigenvalue weighted by Gasteiger charge is 2.29. The first-order valence-corrected chi connectivity index (χ1v) is 17.1. The number of carbonyl (C=O) groups excluding carboxylic acids is 4. The quantitative estimate of drug-likeness (QED) is 0.223. The number of benzene rings is 4. The van der Waals surface area contributed by atoms with E-state index in [9.17, 15) is 23.6 Å². The highest BCUT2D eigenvalue weighted by molar-refractivity contribution is 6.00. The summed E-state index contributed by atoms with van der Waals surface area (Å²) in [6.45, 7) is 3.93. The molecular weight excluding hydrogens is 667 g/mol. The van der Waals surface area contributed by atoms with Gasteiger partial charge in [0.05, 0.1) is 18.2 Å². The molecule has 0 saturated heterocycles. The van der Waals surface area contributed by atoms with Gasteiger partial charge in [-0.2, -0.15) is 0 Å². The summed E-state index contributed by atoms with van der Waals surface area (Å²) in [5.74, 6) is -1.14. The topological polar surface area (TPSA) is 135 Å². The molecule has 0 aliphatic carbocycles. The first-order valence-electron chi connectivity index (χ1n) is 17.1. The predicted molar refractivity (Wildman–Crippen MR) is 193 cm³/mol. The van der Waals surface area contributed by atoms with Gasteiger partial charge in [0.15, 0.2) is 11.5 Å². The largest absolute Gasteiger partial charge is 0.491 e. The Hall–Kier alpha value is -5.91. The van der Waals surface area contributed by atoms with Crippen LogP contribution in [0.1, 0.15) is 41.3 Å². The van der Waals surface area contributed by atoms with Gasteiger partial charge in [-0.15, -0.1) is 0 Å². The normalized spacial score (nSPS) is 17.6. The van der Waals surface area contributed by atoms with E-state index in [0.29, 0.717) is 5.75 Å².